The Morgan fingerprint density at radius 3 is 2.44 bits per heavy atom. The van der Waals surface area contributed by atoms with Crippen molar-refractivity contribution in [2.45, 2.75) is 56.3 Å². The zero-order chi connectivity index (χ0) is 20.3. The Morgan fingerprint density at radius 2 is 1.93 bits per heavy atom. The highest BCUT2D eigenvalue weighted by Crippen LogP contribution is 2.20. The maximum Gasteiger partial charge on any atom is 0.252 e. The topological polar surface area (TPSA) is 94.0 Å². The Balaban J connectivity index is 2.64. The van der Waals surface area contributed by atoms with Crippen LogP contribution < -0.4 is 10.6 Å². The van der Waals surface area contributed by atoms with Crippen LogP contribution in [-0.2, 0) is 10.0 Å². The Morgan fingerprint density at radius 1 is 1.26 bits per heavy atom. The third-order valence-electron chi connectivity index (χ3n) is 4.19. The van der Waals surface area contributed by atoms with Gasteiger partial charge in [-0.2, -0.15) is 4.31 Å². The van der Waals surface area contributed by atoms with E-state index < -0.39 is 15.6 Å². The van der Waals surface area contributed by atoms with E-state index in [1.54, 1.807) is 24.6 Å². The summed E-state index contributed by atoms with van der Waals surface area (Å²) in [5.74, 6) is 0.588. The number of aliphatic imine (C=N–C) groups is 1. The van der Waals surface area contributed by atoms with E-state index in [-0.39, 0.29) is 0 Å². The van der Waals surface area contributed by atoms with Gasteiger partial charge < -0.3 is 15.7 Å². The average Bonchev–Trinajstić information content (AvgIpc) is 3.15. The van der Waals surface area contributed by atoms with Gasteiger partial charge in [-0.1, -0.05) is 32.8 Å². The first-order valence-electron chi connectivity index (χ1n) is 9.53. The molecule has 156 valence electrons. The molecule has 0 saturated carbocycles. The summed E-state index contributed by atoms with van der Waals surface area (Å²) in [6, 6.07) is 3.34. The quantitative estimate of drug-likeness (QED) is 0.358. The van der Waals surface area contributed by atoms with Crippen LogP contribution in [0, 0.1) is 0 Å². The molecule has 1 aromatic heterocycles. The van der Waals surface area contributed by atoms with Gasteiger partial charge in [0.05, 0.1) is 12.1 Å². The second-order valence-electron chi connectivity index (χ2n) is 6.60. The van der Waals surface area contributed by atoms with E-state index in [9.17, 15) is 13.5 Å². The van der Waals surface area contributed by atoms with Gasteiger partial charge in [-0.25, -0.2) is 8.42 Å². The summed E-state index contributed by atoms with van der Waals surface area (Å²) in [4.78, 5) is 4.51. The third-order valence-corrected chi connectivity index (χ3v) is 7.42. The Hall–Kier alpha value is -1.16. The number of thiophene rings is 1. The molecular weight excluding hydrogens is 384 g/mol. The molecule has 1 aromatic rings. The molecular formula is C18H34N4O3S2. The van der Waals surface area contributed by atoms with Crippen LogP contribution in [0.5, 0.6) is 0 Å². The van der Waals surface area contributed by atoms with Gasteiger partial charge in [0.25, 0.3) is 10.0 Å². The van der Waals surface area contributed by atoms with E-state index in [2.05, 4.69) is 29.5 Å². The molecule has 0 bridgehead atoms. The van der Waals surface area contributed by atoms with Crippen molar-refractivity contribution in [3.05, 3.63) is 17.5 Å². The maximum atomic E-state index is 12.4. The second kappa shape index (κ2) is 11.6. The molecule has 0 aromatic carbocycles. The molecule has 0 aliphatic heterocycles. The number of nitrogens with zero attached hydrogens (tertiary/aromatic N) is 2. The lowest BCUT2D eigenvalue weighted by molar-refractivity contribution is 0.0306. The highest BCUT2D eigenvalue weighted by atomic mass is 32.2. The van der Waals surface area contributed by atoms with Crippen LogP contribution in [0.15, 0.2) is 26.7 Å². The van der Waals surface area contributed by atoms with Crippen LogP contribution >= 0.6 is 11.3 Å². The van der Waals surface area contributed by atoms with E-state index in [0.29, 0.717) is 49.2 Å². The lowest BCUT2D eigenvalue weighted by Gasteiger charge is -2.26. The molecule has 3 N–H and O–H groups in total. The van der Waals surface area contributed by atoms with E-state index >= 15 is 0 Å². The summed E-state index contributed by atoms with van der Waals surface area (Å²) in [7, 11) is -1.87. The second-order valence-corrected chi connectivity index (χ2v) is 9.82. The van der Waals surface area contributed by atoms with Crippen LogP contribution in [0.3, 0.4) is 0 Å². The van der Waals surface area contributed by atoms with Crippen LogP contribution in [0.4, 0.5) is 0 Å². The lowest BCUT2D eigenvalue weighted by atomic mass is 9.93. The van der Waals surface area contributed by atoms with Gasteiger partial charge in [0.1, 0.15) is 4.21 Å². The SMILES string of the molecule is CCCC(O)(CCC)CN=C(NCC)NCCN(C)S(=O)(=O)c1cccs1. The van der Waals surface area contributed by atoms with Crippen LogP contribution in [0.1, 0.15) is 46.5 Å². The van der Waals surface area contributed by atoms with Crippen molar-refractivity contribution in [1.82, 2.24) is 14.9 Å². The normalized spacial score (nSPS) is 13.2. The molecule has 0 radical (unpaired) electrons. The van der Waals surface area contributed by atoms with E-state index in [1.165, 1.54) is 15.6 Å². The molecule has 0 unspecified atom stereocenters. The molecule has 9 heteroatoms. The first kappa shape index (κ1) is 23.9. The fourth-order valence-electron chi connectivity index (χ4n) is 2.80. The number of aliphatic hydroxyl groups is 1. The van der Waals surface area contributed by atoms with Gasteiger partial charge in [0, 0.05) is 26.7 Å². The van der Waals surface area contributed by atoms with Gasteiger partial charge in [-0.15, -0.1) is 11.3 Å². The van der Waals surface area contributed by atoms with Crippen molar-refractivity contribution in [3.8, 4) is 0 Å². The van der Waals surface area contributed by atoms with Gasteiger partial charge in [0.2, 0.25) is 0 Å². The minimum Gasteiger partial charge on any atom is -0.388 e. The molecule has 0 fully saturated rings. The van der Waals surface area contributed by atoms with E-state index in [4.69, 9.17) is 0 Å². The molecule has 7 nitrogen and oxygen atoms in total. The highest BCUT2D eigenvalue weighted by Gasteiger charge is 2.25. The molecule has 0 aliphatic rings. The van der Waals surface area contributed by atoms with Crippen LogP contribution in [0.25, 0.3) is 0 Å². The first-order valence-corrected chi connectivity index (χ1v) is 11.9. The van der Waals surface area contributed by atoms with Crippen molar-refractivity contribution < 1.29 is 13.5 Å². The number of hydrogen-bond acceptors (Lipinski definition) is 5. The van der Waals surface area contributed by atoms with Gasteiger partial charge >= 0.3 is 0 Å². The molecule has 1 rings (SSSR count). The molecule has 0 amide bonds. The Bertz CT molecular complexity index is 654. The van der Waals surface area contributed by atoms with Crippen molar-refractivity contribution in [2.24, 2.45) is 4.99 Å². The zero-order valence-electron chi connectivity index (χ0n) is 16.9. The number of guanidine groups is 1. The Kier molecular flexibility index (Phi) is 10.3. The summed E-state index contributed by atoms with van der Waals surface area (Å²) < 4.78 is 26.5. The monoisotopic (exact) mass is 418 g/mol. The van der Waals surface area contributed by atoms with Crippen LogP contribution in [-0.4, -0.2) is 62.6 Å². The molecule has 0 atom stereocenters. The first-order chi connectivity index (χ1) is 12.8. The summed E-state index contributed by atoms with van der Waals surface area (Å²) in [6.45, 7) is 7.83. The van der Waals surface area contributed by atoms with E-state index in [1.807, 2.05) is 6.92 Å². The summed E-state index contributed by atoms with van der Waals surface area (Å²) >= 11 is 1.21. The molecule has 0 spiro atoms. The number of rotatable bonds is 12. The van der Waals surface area contributed by atoms with Crippen molar-refractivity contribution in [1.29, 1.82) is 0 Å². The van der Waals surface area contributed by atoms with Crippen molar-refractivity contribution >= 4 is 27.3 Å². The largest absolute Gasteiger partial charge is 0.388 e. The van der Waals surface area contributed by atoms with Gasteiger partial charge in [-0.3, -0.25) is 4.99 Å². The summed E-state index contributed by atoms with van der Waals surface area (Å²) in [5.41, 5.74) is -0.787. The predicted molar refractivity (Wildman–Crippen MR) is 113 cm³/mol. The molecule has 1 heterocycles. The number of likely N-dealkylation sites (N-methyl/N-ethyl adjacent to an activating group) is 1. The lowest BCUT2D eigenvalue weighted by Crippen LogP contribution is -2.43. The third kappa shape index (κ3) is 7.77. The highest BCUT2D eigenvalue weighted by molar-refractivity contribution is 7.91. The molecule has 0 aliphatic carbocycles. The Labute approximate surface area is 167 Å². The number of sulfonamides is 1. The van der Waals surface area contributed by atoms with Crippen molar-refractivity contribution in [2.75, 3.05) is 33.2 Å². The number of nitrogens with one attached hydrogen (secondary N) is 2. The fraction of sp³-hybridized carbons (Fsp3) is 0.722. The number of hydrogen-bond donors (Lipinski definition) is 3. The van der Waals surface area contributed by atoms with Crippen molar-refractivity contribution in [3.63, 3.8) is 0 Å². The average molecular weight is 419 g/mol. The summed E-state index contributed by atoms with van der Waals surface area (Å²) in [5, 5.41) is 18.8. The minimum atomic E-state index is -3.44. The minimum absolute atomic E-state index is 0.318. The smallest absolute Gasteiger partial charge is 0.252 e. The summed E-state index contributed by atoms with van der Waals surface area (Å²) in [6.07, 6.45) is 3.24. The van der Waals surface area contributed by atoms with Crippen LogP contribution in [0.2, 0.25) is 0 Å². The van der Waals surface area contributed by atoms with Gasteiger partial charge in [0.15, 0.2) is 5.96 Å². The zero-order valence-corrected chi connectivity index (χ0v) is 18.5. The standard InChI is InChI=1S/C18H34N4O3S2/c1-5-10-18(23,11-6-2)15-21-17(19-7-3)20-12-13-22(4)27(24,25)16-9-8-14-26-16/h8-9,14,23H,5-7,10-13,15H2,1-4H3,(H2,19,20,21). The maximum absolute atomic E-state index is 12.4. The predicted octanol–water partition coefficient (Wildman–Crippen LogP) is 2.26. The fourth-order valence-corrected chi connectivity index (χ4v) is 5.17. The molecule has 0 saturated heterocycles. The molecule has 27 heavy (non-hydrogen) atoms. The van der Waals surface area contributed by atoms with Gasteiger partial charge in [-0.05, 0) is 31.2 Å². The van der Waals surface area contributed by atoms with E-state index in [0.717, 1.165) is 12.8 Å².